The predicted molar refractivity (Wildman–Crippen MR) is 73.9 cm³/mol. The van der Waals surface area contributed by atoms with E-state index in [1.165, 1.54) is 5.56 Å². The molecule has 0 radical (unpaired) electrons. The number of hydrogen-bond donors (Lipinski definition) is 2. The lowest BCUT2D eigenvalue weighted by atomic mass is 10.0. The second-order valence-electron chi connectivity index (χ2n) is 4.74. The Labute approximate surface area is 111 Å². The third kappa shape index (κ3) is 1.76. The van der Waals surface area contributed by atoms with Crippen LogP contribution in [0.25, 0.3) is 0 Å². The number of benzene rings is 2. The van der Waals surface area contributed by atoms with Gasteiger partial charge >= 0.3 is 0 Å². The molecule has 0 saturated heterocycles. The highest BCUT2D eigenvalue weighted by atomic mass is 16.7. The normalized spacial score (nSPS) is 19.3. The van der Waals surface area contributed by atoms with Crippen LogP contribution in [0, 0.1) is 0 Å². The summed E-state index contributed by atoms with van der Waals surface area (Å²) in [6, 6.07) is 14.7. The van der Waals surface area contributed by atoms with Gasteiger partial charge in [-0.25, -0.2) is 0 Å². The second-order valence-corrected chi connectivity index (χ2v) is 4.74. The molecule has 96 valence electrons. The first kappa shape index (κ1) is 10.6. The van der Waals surface area contributed by atoms with Gasteiger partial charge in [-0.15, -0.1) is 0 Å². The van der Waals surface area contributed by atoms with Gasteiger partial charge in [0.05, 0.1) is 17.4 Å². The van der Waals surface area contributed by atoms with Crippen molar-refractivity contribution in [1.29, 1.82) is 0 Å². The molecule has 0 saturated carbocycles. The smallest absolute Gasteiger partial charge is 0.231 e. The minimum absolute atomic E-state index is 0.272. The van der Waals surface area contributed by atoms with E-state index in [2.05, 4.69) is 34.9 Å². The van der Waals surface area contributed by atoms with E-state index in [0.717, 1.165) is 29.4 Å². The van der Waals surface area contributed by atoms with Crippen LogP contribution in [0.2, 0.25) is 0 Å². The number of anilines is 2. The summed E-state index contributed by atoms with van der Waals surface area (Å²) in [5, 5.41) is 6.99. The Kier molecular flexibility index (Phi) is 2.27. The quantitative estimate of drug-likeness (QED) is 0.821. The van der Waals surface area contributed by atoms with Crippen molar-refractivity contribution in [2.45, 2.75) is 6.04 Å². The number of nitrogens with one attached hydrogen (secondary N) is 2. The summed E-state index contributed by atoms with van der Waals surface area (Å²) in [7, 11) is 0. The van der Waals surface area contributed by atoms with Crippen molar-refractivity contribution in [3.8, 4) is 11.5 Å². The van der Waals surface area contributed by atoms with Gasteiger partial charge in [0.1, 0.15) is 0 Å². The SMILES string of the molecule is c1ccc(C2CNc3cc4c(cc3N2)OCO4)cc1. The summed E-state index contributed by atoms with van der Waals surface area (Å²) in [5.41, 5.74) is 3.40. The molecule has 0 aromatic heterocycles. The third-order valence-corrected chi connectivity index (χ3v) is 3.54. The highest BCUT2D eigenvalue weighted by Crippen LogP contribution is 2.42. The molecule has 2 N–H and O–H groups in total. The summed E-state index contributed by atoms with van der Waals surface area (Å²) < 4.78 is 10.8. The Morgan fingerprint density at radius 3 is 2.47 bits per heavy atom. The van der Waals surface area contributed by atoms with E-state index < -0.39 is 0 Å². The lowest BCUT2D eigenvalue weighted by Crippen LogP contribution is -2.25. The second kappa shape index (κ2) is 4.09. The molecule has 0 spiro atoms. The first-order chi connectivity index (χ1) is 9.40. The van der Waals surface area contributed by atoms with E-state index in [9.17, 15) is 0 Å². The maximum absolute atomic E-state index is 5.42. The lowest BCUT2D eigenvalue weighted by molar-refractivity contribution is 0.174. The zero-order chi connectivity index (χ0) is 12.7. The minimum atomic E-state index is 0.272. The zero-order valence-corrected chi connectivity index (χ0v) is 10.3. The third-order valence-electron chi connectivity index (χ3n) is 3.54. The molecule has 2 aliphatic heterocycles. The largest absolute Gasteiger partial charge is 0.454 e. The van der Waals surface area contributed by atoms with E-state index >= 15 is 0 Å². The molecule has 4 rings (SSSR count). The van der Waals surface area contributed by atoms with Crippen molar-refractivity contribution in [2.24, 2.45) is 0 Å². The summed E-state index contributed by atoms with van der Waals surface area (Å²) >= 11 is 0. The van der Waals surface area contributed by atoms with Crippen molar-refractivity contribution in [1.82, 2.24) is 0 Å². The first-order valence-corrected chi connectivity index (χ1v) is 6.39. The first-order valence-electron chi connectivity index (χ1n) is 6.39. The van der Waals surface area contributed by atoms with Gasteiger partial charge < -0.3 is 20.1 Å². The number of hydrogen-bond acceptors (Lipinski definition) is 4. The number of ether oxygens (including phenoxy) is 2. The molecule has 0 aliphatic carbocycles. The molecule has 1 atom stereocenters. The Hall–Kier alpha value is -2.36. The molecule has 2 aliphatic rings. The molecule has 1 unspecified atom stereocenters. The van der Waals surface area contributed by atoms with Crippen LogP contribution in [0.5, 0.6) is 11.5 Å². The van der Waals surface area contributed by atoms with E-state index in [1.807, 2.05) is 18.2 Å². The van der Waals surface area contributed by atoms with Crippen molar-refractivity contribution in [3.05, 3.63) is 48.0 Å². The Morgan fingerprint density at radius 1 is 0.947 bits per heavy atom. The zero-order valence-electron chi connectivity index (χ0n) is 10.3. The van der Waals surface area contributed by atoms with Crippen LogP contribution in [-0.4, -0.2) is 13.3 Å². The molecular formula is C15H14N2O2. The van der Waals surface area contributed by atoms with Crippen molar-refractivity contribution >= 4 is 11.4 Å². The van der Waals surface area contributed by atoms with Gasteiger partial charge in [-0.05, 0) is 5.56 Å². The van der Waals surface area contributed by atoms with Crippen LogP contribution in [0.15, 0.2) is 42.5 Å². The molecule has 0 fully saturated rings. The standard InChI is InChI=1S/C15H14N2O2/c1-2-4-10(5-3-1)13-8-16-11-6-14-15(19-9-18-14)7-12(11)17-13/h1-7,13,16-17H,8-9H2. The fraction of sp³-hybridized carbons (Fsp3) is 0.200. The van der Waals surface area contributed by atoms with Crippen molar-refractivity contribution in [3.63, 3.8) is 0 Å². The summed E-state index contributed by atoms with van der Waals surface area (Å²) in [6.45, 7) is 1.16. The van der Waals surface area contributed by atoms with Crippen LogP contribution in [0.1, 0.15) is 11.6 Å². The predicted octanol–water partition coefficient (Wildman–Crippen LogP) is 2.99. The van der Waals surface area contributed by atoms with Gasteiger partial charge in [0.15, 0.2) is 11.5 Å². The molecule has 19 heavy (non-hydrogen) atoms. The van der Waals surface area contributed by atoms with Gasteiger partial charge in [0.2, 0.25) is 6.79 Å². The Balaban J connectivity index is 1.67. The topological polar surface area (TPSA) is 42.5 Å². The monoisotopic (exact) mass is 254 g/mol. The number of fused-ring (bicyclic) bond motifs is 2. The van der Waals surface area contributed by atoms with Gasteiger partial charge in [0.25, 0.3) is 0 Å². The molecule has 2 aromatic rings. The Morgan fingerprint density at radius 2 is 1.68 bits per heavy atom. The molecule has 2 heterocycles. The minimum Gasteiger partial charge on any atom is -0.454 e. The average Bonchev–Trinajstić information content (AvgIpc) is 2.92. The Bertz CT molecular complexity index is 613. The highest BCUT2D eigenvalue weighted by molar-refractivity contribution is 5.76. The fourth-order valence-corrected chi connectivity index (χ4v) is 2.54. The molecule has 4 heteroatoms. The molecular weight excluding hydrogens is 240 g/mol. The highest BCUT2D eigenvalue weighted by Gasteiger charge is 2.23. The summed E-state index contributed by atoms with van der Waals surface area (Å²) in [6.07, 6.45) is 0. The van der Waals surface area contributed by atoms with Crippen molar-refractivity contribution in [2.75, 3.05) is 24.0 Å². The van der Waals surface area contributed by atoms with Gasteiger partial charge in [-0.2, -0.15) is 0 Å². The molecule has 4 nitrogen and oxygen atoms in total. The van der Waals surface area contributed by atoms with E-state index in [-0.39, 0.29) is 6.04 Å². The summed E-state index contributed by atoms with van der Waals surface area (Å²) in [5.74, 6) is 1.62. The maximum Gasteiger partial charge on any atom is 0.231 e. The van der Waals surface area contributed by atoms with Crippen LogP contribution >= 0.6 is 0 Å². The fourth-order valence-electron chi connectivity index (χ4n) is 2.54. The van der Waals surface area contributed by atoms with Gasteiger partial charge in [-0.3, -0.25) is 0 Å². The lowest BCUT2D eigenvalue weighted by Gasteiger charge is -2.28. The van der Waals surface area contributed by atoms with E-state index in [0.29, 0.717) is 6.79 Å². The van der Waals surface area contributed by atoms with Crippen LogP contribution < -0.4 is 20.1 Å². The van der Waals surface area contributed by atoms with Crippen molar-refractivity contribution < 1.29 is 9.47 Å². The number of rotatable bonds is 1. The van der Waals surface area contributed by atoms with E-state index in [4.69, 9.17) is 9.47 Å². The maximum atomic E-state index is 5.42. The van der Waals surface area contributed by atoms with Crippen LogP contribution in [-0.2, 0) is 0 Å². The van der Waals surface area contributed by atoms with Gasteiger partial charge in [-0.1, -0.05) is 30.3 Å². The van der Waals surface area contributed by atoms with Crippen LogP contribution in [0.3, 0.4) is 0 Å². The molecule has 2 aromatic carbocycles. The summed E-state index contributed by atoms with van der Waals surface area (Å²) in [4.78, 5) is 0. The molecule has 0 amide bonds. The van der Waals surface area contributed by atoms with E-state index in [1.54, 1.807) is 0 Å². The average molecular weight is 254 g/mol. The van der Waals surface area contributed by atoms with Gasteiger partial charge in [0, 0.05) is 18.7 Å². The van der Waals surface area contributed by atoms with Crippen LogP contribution in [0.4, 0.5) is 11.4 Å². The molecule has 0 bridgehead atoms.